The molecular weight excluding hydrogens is 544 g/mol. The fourth-order valence-electron chi connectivity index (χ4n) is 3.29. The number of carbonyl (C=O) groups is 4. The SMILES string of the molecule is COC(=O)c1ccc(C(=O)OC)c(OCCOCCOCCOCCOc2cc(C(=O)OC)ccc2C(=O)OC)c1. The summed E-state index contributed by atoms with van der Waals surface area (Å²) in [5.74, 6) is -1.96. The van der Waals surface area contributed by atoms with Crippen molar-refractivity contribution in [3.63, 3.8) is 0 Å². The minimum absolute atomic E-state index is 0.123. The Bertz CT molecular complexity index is 1070. The Kier molecular flexibility index (Phi) is 14.7. The number of ether oxygens (including phenoxy) is 9. The Hall–Kier alpha value is -4.20. The van der Waals surface area contributed by atoms with Crippen molar-refractivity contribution in [2.24, 2.45) is 0 Å². The molecule has 0 aliphatic rings. The van der Waals surface area contributed by atoms with E-state index in [4.69, 9.17) is 42.6 Å². The quantitative estimate of drug-likeness (QED) is 0.145. The maximum absolute atomic E-state index is 11.9. The predicted octanol–water partition coefficient (Wildman–Crippen LogP) is 2.34. The summed E-state index contributed by atoms with van der Waals surface area (Å²) < 4.78 is 46.4. The normalized spacial score (nSPS) is 10.4. The molecule has 0 bridgehead atoms. The molecule has 0 spiro atoms. The first-order valence-electron chi connectivity index (χ1n) is 12.5. The van der Waals surface area contributed by atoms with Gasteiger partial charge in [0.1, 0.15) is 35.8 Å². The maximum atomic E-state index is 11.9. The number of hydrogen-bond acceptors (Lipinski definition) is 13. The second kappa shape index (κ2) is 18.2. The minimum Gasteiger partial charge on any atom is -0.490 e. The van der Waals surface area contributed by atoms with E-state index in [0.717, 1.165) is 0 Å². The molecule has 2 rings (SSSR count). The first-order chi connectivity index (χ1) is 19.9. The maximum Gasteiger partial charge on any atom is 0.341 e. The minimum atomic E-state index is -0.599. The first-order valence-corrected chi connectivity index (χ1v) is 12.5. The van der Waals surface area contributed by atoms with Crippen LogP contribution >= 0.6 is 0 Å². The lowest BCUT2D eigenvalue weighted by Gasteiger charge is -2.12. The van der Waals surface area contributed by atoms with Crippen LogP contribution in [0.3, 0.4) is 0 Å². The van der Waals surface area contributed by atoms with Crippen molar-refractivity contribution in [3.8, 4) is 11.5 Å². The Morgan fingerprint density at radius 1 is 0.463 bits per heavy atom. The monoisotopic (exact) mass is 578 g/mol. The van der Waals surface area contributed by atoms with Gasteiger partial charge in [0.05, 0.1) is 79.2 Å². The lowest BCUT2D eigenvalue weighted by molar-refractivity contribution is 0.00482. The molecule has 2 aromatic carbocycles. The Morgan fingerprint density at radius 3 is 1.10 bits per heavy atom. The predicted molar refractivity (Wildman–Crippen MR) is 142 cm³/mol. The van der Waals surface area contributed by atoms with Gasteiger partial charge in [-0.25, -0.2) is 19.2 Å². The van der Waals surface area contributed by atoms with Gasteiger partial charge in [0, 0.05) is 0 Å². The van der Waals surface area contributed by atoms with Crippen LogP contribution in [0.1, 0.15) is 41.4 Å². The Balaban J connectivity index is 1.61. The van der Waals surface area contributed by atoms with Crippen LogP contribution in [0.15, 0.2) is 36.4 Å². The highest BCUT2D eigenvalue weighted by Gasteiger charge is 2.18. The number of methoxy groups -OCH3 is 4. The number of benzene rings is 2. The van der Waals surface area contributed by atoms with Gasteiger partial charge in [0.25, 0.3) is 0 Å². The van der Waals surface area contributed by atoms with Crippen LogP contribution in [0, 0.1) is 0 Å². The smallest absolute Gasteiger partial charge is 0.341 e. The van der Waals surface area contributed by atoms with Gasteiger partial charge in [-0.2, -0.15) is 0 Å². The van der Waals surface area contributed by atoms with E-state index >= 15 is 0 Å². The highest BCUT2D eigenvalue weighted by Crippen LogP contribution is 2.23. The zero-order chi connectivity index (χ0) is 30.0. The first kappa shape index (κ1) is 33.0. The zero-order valence-electron chi connectivity index (χ0n) is 23.4. The summed E-state index contributed by atoms with van der Waals surface area (Å²) >= 11 is 0. The number of carbonyl (C=O) groups excluding carboxylic acids is 4. The van der Waals surface area contributed by atoms with Crippen molar-refractivity contribution >= 4 is 23.9 Å². The van der Waals surface area contributed by atoms with Gasteiger partial charge >= 0.3 is 23.9 Å². The van der Waals surface area contributed by atoms with Gasteiger partial charge in [0.15, 0.2) is 0 Å². The van der Waals surface area contributed by atoms with Crippen LogP contribution in [0.2, 0.25) is 0 Å². The van der Waals surface area contributed by atoms with E-state index in [1.54, 1.807) is 0 Å². The van der Waals surface area contributed by atoms with Gasteiger partial charge in [-0.1, -0.05) is 0 Å². The molecule has 0 radical (unpaired) electrons. The Morgan fingerprint density at radius 2 is 0.780 bits per heavy atom. The molecule has 0 saturated carbocycles. The highest BCUT2D eigenvalue weighted by molar-refractivity contribution is 5.96. The van der Waals surface area contributed by atoms with Gasteiger partial charge < -0.3 is 42.6 Å². The second-order valence-corrected chi connectivity index (χ2v) is 7.92. The average Bonchev–Trinajstić information content (AvgIpc) is 3.01. The van der Waals surface area contributed by atoms with E-state index in [1.165, 1.54) is 64.8 Å². The molecule has 0 aromatic heterocycles. The van der Waals surface area contributed by atoms with Crippen molar-refractivity contribution in [1.82, 2.24) is 0 Å². The summed E-state index contributed by atoms with van der Waals surface area (Å²) in [5.41, 5.74) is 0.814. The third kappa shape index (κ3) is 10.7. The molecule has 0 aliphatic heterocycles. The number of esters is 4. The fourth-order valence-corrected chi connectivity index (χ4v) is 3.29. The lowest BCUT2D eigenvalue weighted by Crippen LogP contribution is -2.15. The standard InChI is InChI=1S/C28H34O13/c1-33-25(29)19-5-7-21(27(31)35-3)23(17-19)40-15-13-38-11-9-37-10-12-39-14-16-41-24-18-20(26(30)34-2)6-8-22(24)28(32)36-4/h5-8,17-18H,9-16H2,1-4H3. The second-order valence-electron chi connectivity index (χ2n) is 7.92. The summed E-state index contributed by atoms with van der Waals surface area (Å²) in [5, 5.41) is 0. The van der Waals surface area contributed by atoms with Crippen molar-refractivity contribution in [2.45, 2.75) is 0 Å². The van der Waals surface area contributed by atoms with Crippen molar-refractivity contribution in [1.29, 1.82) is 0 Å². The summed E-state index contributed by atoms with van der Waals surface area (Å²) in [7, 11) is 5.01. The van der Waals surface area contributed by atoms with Crippen LogP contribution in [-0.2, 0) is 33.2 Å². The van der Waals surface area contributed by atoms with Gasteiger partial charge in [-0.05, 0) is 36.4 Å². The number of hydrogen-bond donors (Lipinski definition) is 0. The Labute approximate surface area is 237 Å². The van der Waals surface area contributed by atoms with Crippen LogP contribution < -0.4 is 9.47 Å². The van der Waals surface area contributed by atoms with Gasteiger partial charge in [-0.3, -0.25) is 0 Å². The summed E-state index contributed by atoms with van der Waals surface area (Å²) in [6.07, 6.45) is 0. The highest BCUT2D eigenvalue weighted by atomic mass is 16.6. The van der Waals surface area contributed by atoms with E-state index in [-0.39, 0.29) is 60.2 Å². The zero-order valence-corrected chi connectivity index (χ0v) is 23.4. The van der Waals surface area contributed by atoms with Gasteiger partial charge in [0.2, 0.25) is 0 Å². The van der Waals surface area contributed by atoms with E-state index < -0.39 is 23.9 Å². The molecule has 224 valence electrons. The van der Waals surface area contributed by atoms with E-state index in [2.05, 4.69) is 0 Å². The molecule has 0 aliphatic carbocycles. The summed E-state index contributed by atoms with van der Waals surface area (Å²) in [4.78, 5) is 47.4. The van der Waals surface area contributed by atoms with Crippen LogP contribution in [0.5, 0.6) is 11.5 Å². The van der Waals surface area contributed by atoms with Crippen molar-refractivity contribution in [3.05, 3.63) is 58.7 Å². The molecule has 0 N–H and O–H groups in total. The molecule has 13 nitrogen and oxygen atoms in total. The fraction of sp³-hybridized carbons (Fsp3) is 0.429. The van der Waals surface area contributed by atoms with Crippen LogP contribution in [0.4, 0.5) is 0 Å². The molecule has 0 unspecified atom stereocenters. The van der Waals surface area contributed by atoms with Crippen molar-refractivity contribution < 1.29 is 61.8 Å². The molecule has 13 heteroatoms. The number of rotatable bonds is 18. The van der Waals surface area contributed by atoms with E-state index in [0.29, 0.717) is 26.4 Å². The average molecular weight is 579 g/mol. The molecule has 2 aromatic rings. The summed E-state index contributed by atoms with van der Waals surface area (Å²) in [6.45, 7) is 1.89. The van der Waals surface area contributed by atoms with E-state index in [9.17, 15) is 19.2 Å². The molecule has 0 atom stereocenters. The van der Waals surface area contributed by atoms with Crippen molar-refractivity contribution in [2.75, 3.05) is 81.3 Å². The third-order valence-electron chi connectivity index (χ3n) is 5.33. The van der Waals surface area contributed by atoms with Gasteiger partial charge in [-0.15, -0.1) is 0 Å². The largest absolute Gasteiger partial charge is 0.490 e. The molecular formula is C28H34O13. The molecule has 0 saturated heterocycles. The topological polar surface area (TPSA) is 151 Å². The van der Waals surface area contributed by atoms with Crippen LogP contribution in [-0.4, -0.2) is 105 Å². The molecule has 0 amide bonds. The molecule has 41 heavy (non-hydrogen) atoms. The third-order valence-corrected chi connectivity index (χ3v) is 5.33. The lowest BCUT2D eigenvalue weighted by atomic mass is 10.1. The molecule has 0 heterocycles. The van der Waals surface area contributed by atoms with E-state index in [1.807, 2.05) is 0 Å². The van der Waals surface area contributed by atoms with Crippen LogP contribution in [0.25, 0.3) is 0 Å². The molecule has 0 fully saturated rings. The summed E-state index contributed by atoms with van der Waals surface area (Å²) in [6, 6.07) is 8.56.